The molecular formula is C15H18BrFN4. The SMILES string of the molecule is Nc1ccn(C2CCN(Cc3cc(F)cc(Br)c3)CC2)n1. The Labute approximate surface area is 131 Å². The van der Waals surface area contributed by atoms with Gasteiger partial charge in [0.2, 0.25) is 0 Å². The van der Waals surface area contributed by atoms with Crippen LogP contribution in [-0.4, -0.2) is 27.8 Å². The van der Waals surface area contributed by atoms with E-state index in [4.69, 9.17) is 5.73 Å². The van der Waals surface area contributed by atoms with Crippen LogP contribution in [0, 0.1) is 5.82 Å². The predicted molar refractivity (Wildman–Crippen MR) is 84.3 cm³/mol. The molecule has 1 aliphatic rings. The van der Waals surface area contributed by atoms with Gasteiger partial charge in [-0.2, -0.15) is 5.10 Å². The highest BCUT2D eigenvalue weighted by Crippen LogP contribution is 2.24. The van der Waals surface area contributed by atoms with Crippen LogP contribution in [0.25, 0.3) is 0 Å². The van der Waals surface area contributed by atoms with Crippen molar-refractivity contribution in [1.82, 2.24) is 14.7 Å². The van der Waals surface area contributed by atoms with Crippen LogP contribution in [-0.2, 0) is 6.54 Å². The van der Waals surface area contributed by atoms with E-state index in [-0.39, 0.29) is 5.82 Å². The second kappa shape index (κ2) is 6.15. The van der Waals surface area contributed by atoms with Gasteiger partial charge in [-0.25, -0.2) is 4.39 Å². The lowest BCUT2D eigenvalue weighted by atomic mass is 10.0. The van der Waals surface area contributed by atoms with E-state index in [9.17, 15) is 4.39 Å². The number of anilines is 1. The van der Waals surface area contributed by atoms with Gasteiger partial charge in [-0.15, -0.1) is 0 Å². The van der Waals surface area contributed by atoms with E-state index in [0.717, 1.165) is 42.5 Å². The molecule has 0 atom stereocenters. The van der Waals surface area contributed by atoms with Crippen molar-refractivity contribution in [2.45, 2.75) is 25.4 Å². The number of hydrogen-bond acceptors (Lipinski definition) is 3. The maximum atomic E-state index is 13.4. The largest absolute Gasteiger partial charge is 0.382 e. The van der Waals surface area contributed by atoms with Gasteiger partial charge in [0.1, 0.15) is 11.6 Å². The van der Waals surface area contributed by atoms with Gasteiger partial charge in [-0.1, -0.05) is 15.9 Å². The molecular weight excluding hydrogens is 335 g/mol. The fourth-order valence-electron chi connectivity index (χ4n) is 2.86. The van der Waals surface area contributed by atoms with Crippen molar-refractivity contribution in [3.05, 3.63) is 46.3 Å². The number of halogens is 2. The first kappa shape index (κ1) is 14.5. The lowest BCUT2D eigenvalue weighted by Gasteiger charge is -2.32. The lowest BCUT2D eigenvalue weighted by molar-refractivity contribution is 0.173. The Bertz CT molecular complexity index is 600. The summed E-state index contributed by atoms with van der Waals surface area (Å²) in [6, 6.07) is 7.31. The van der Waals surface area contributed by atoms with Crippen LogP contribution in [0.1, 0.15) is 24.4 Å². The molecule has 0 bridgehead atoms. The molecule has 0 unspecified atom stereocenters. The summed E-state index contributed by atoms with van der Waals surface area (Å²) < 4.78 is 16.2. The fraction of sp³-hybridized carbons (Fsp3) is 0.400. The van der Waals surface area contributed by atoms with Gasteiger partial charge in [0.05, 0.1) is 6.04 Å². The Morgan fingerprint density at radius 2 is 2.05 bits per heavy atom. The van der Waals surface area contributed by atoms with Crippen molar-refractivity contribution >= 4 is 21.7 Å². The molecule has 1 aliphatic heterocycles. The quantitative estimate of drug-likeness (QED) is 0.922. The van der Waals surface area contributed by atoms with Crippen LogP contribution in [0.3, 0.4) is 0 Å². The number of hydrogen-bond donors (Lipinski definition) is 1. The van der Waals surface area contributed by atoms with E-state index >= 15 is 0 Å². The average Bonchev–Trinajstić information content (AvgIpc) is 2.85. The van der Waals surface area contributed by atoms with Crippen LogP contribution in [0.2, 0.25) is 0 Å². The molecule has 0 saturated carbocycles. The Kier molecular flexibility index (Phi) is 4.26. The third-order valence-electron chi connectivity index (χ3n) is 3.89. The molecule has 2 heterocycles. The maximum Gasteiger partial charge on any atom is 0.145 e. The minimum atomic E-state index is -0.193. The molecule has 21 heavy (non-hydrogen) atoms. The zero-order valence-corrected chi connectivity index (χ0v) is 13.3. The summed E-state index contributed by atoms with van der Waals surface area (Å²) in [4.78, 5) is 2.35. The third kappa shape index (κ3) is 3.63. The van der Waals surface area contributed by atoms with Crippen molar-refractivity contribution in [2.24, 2.45) is 0 Å². The number of benzene rings is 1. The summed E-state index contributed by atoms with van der Waals surface area (Å²) in [6.45, 7) is 2.75. The minimum absolute atomic E-state index is 0.193. The molecule has 1 fully saturated rings. The summed E-state index contributed by atoms with van der Waals surface area (Å²) in [7, 11) is 0. The molecule has 0 amide bonds. The highest BCUT2D eigenvalue weighted by atomic mass is 79.9. The summed E-state index contributed by atoms with van der Waals surface area (Å²) in [5.41, 5.74) is 6.66. The molecule has 2 N–H and O–H groups in total. The van der Waals surface area contributed by atoms with Gasteiger partial charge in [0.25, 0.3) is 0 Å². The Hall–Kier alpha value is -1.40. The maximum absolute atomic E-state index is 13.4. The number of piperidine rings is 1. The highest BCUT2D eigenvalue weighted by molar-refractivity contribution is 9.10. The Balaban J connectivity index is 1.58. The van der Waals surface area contributed by atoms with Gasteiger partial charge in [0, 0.05) is 30.3 Å². The van der Waals surface area contributed by atoms with Crippen molar-refractivity contribution < 1.29 is 4.39 Å². The second-order valence-corrected chi connectivity index (χ2v) is 6.42. The van der Waals surface area contributed by atoms with Crippen LogP contribution in [0.4, 0.5) is 10.2 Å². The van der Waals surface area contributed by atoms with E-state index in [2.05, 4.69) is 25.9 Å². The van der Waals surface area contributed by atoms with Crippen LogP contribution in [0.5, 0.6) is 0 Å². The number of aromatic nitrogens is 2. The smallest absolute Gasteiger partial charge is 0.145 e. The number of likely N-dealkylation sites (tertiary alicyclic amines) is 1. The molecule has 0 spiro atoms. The first-order valence-corrected chi connectivity index (χ1v) is 7.87. The highest BCUT2D eigenvalue weighted by Gasteiger charge is 2.21. The Morgan fingerprint density at radius 3 is 2.67 bits per heavy atom. The van der Waals surface area contributed by atoms with Crippen molar-refractivity contribution in [2.75, 3.05) is 18.8 Å². The molecule has 3 rings (SSSR count). The van der Waals surface area contributed by atoms with Crippen LogP contribution >= 0.6 is 15.9 Å². The van der Waals surface area contributed by atoms with E-state index in [1.807, 2.05) is 23.0 Å². The first-order valence-electron chi connectivity index (χ1n) is 7.08. The van der Waals surface area contributed by atoms with Gasteiger partial charge in [-0.3, -0.25) is 9.58 Å². The van der Waals surface area contributed by atoms with Crippen LogP contribution < -0.4 is 5.73 Å². The van der Waals surface area contributed by atoms with E-state index in [1.54, 1.807) is 6.07 Å². The standard InChI is InChI=1S/C15H18BrFN4/c16-12-7-11(8-13(17)9-12)10-20-4-1-14(2-5-20)21-6-3-15(18)19-21/h3,6-9,14H,1-2,4-5,10H2,(H2,18,19). The van der Waals surface area contributed by atoms with Gasteiger partial charge < -0.3 is 5.73 Å². The number of rotatable bonds is 3. The summed E-state index contributed by atoms with van der Waals surface area (Å²) in [5.74, 6) is 0.378. The van der Waals surface area contributed by atoms with E-state index in [0.29, 0.717) is 11.9 Å². The molecule has 1 aromatic heterocycles. The molecule has 1 saturated heterocycles. The lowest BCUT2D eigenvalue weighted by Crippen LogP contribution is -2.34. The van der Waals surface area contributed by atoms with Gasteiger partial charge in [0.15, 0.2) is 0 Å². The van der Waals surface area contributed by atoms with Gasteiger partial charge >= 0.3 is 0 Å². The van der Waals surface area contributed by atoms with Crippen LogP contribution in [0.15, 0.2) is 34.9 Å². The molecule has 112 valence electrons. The fourth-order valence-corrected chi connectivity index (χ4v) is 3.37. The number of nitrogen functional groups attached to an aromatic ring is 1. The number of nitrogens with zero attached hydrogens (tertiary/aromatic N) is 3. The first-order chi connectivity index (χ1) is 10.1. The normalized spacial score (nSPS) is 17.2. The molecule has 6 heteroatoms. The molecule has 2 aromatic rings. The summed E-state index contributed by atoms with van der Waals surface area (Å²) >= 11 is 3.34. The van der Waals surface area contributed by atoms with E-state index in [1.165, 1.54) is 6.07 Å². The summed E-state index contributed by atoms with van der Waals surface area (Å²) in [5, 5.41) is 4.29. The Morgan fingerprint density at radius 1 is 1.29 bits per heavy atom. The van der Waals surface area contributed by atoms with Crippen molar-refractivity contribution in [3.8, 4) is 0 Å². The zero-order chi connectivity index (χ0) is 14.8. The molecule has 1 aromatic carbocycles. The average molecular weight is 353 g/mol. The van der Waals surface area contributed by atoms with Gasteiger partial charge in [-0.05, 0) is 42.7 Å². The second-order valence-electron chi connectivity index (χ2n) is 5.51. The molecule has 4 nitrogen and oxygen atoms in total. The van der Waals surface area contributed by atoms with Crippen molar-refractivity contribution in [1.29, 1.82) is 0 Å². The summed E-state index contributed by atoms with van der Waals surface area (Å²) in [6.07, 6.45) is 4.02. The third-order valence-corrected chi connectivity index (χ3v) is 4.35. The number of nitrogens with two attached hydrogens (primary N) is 1. The molecule has 0 radical (unpaired) electrons. The topological polar surface area (TPSA) is 47.1 Å². The monoisotopic (exact) mass is 352 g/mol. The van der Waals surface area contributed by atoms with Crippen molar-refractivity contribution in [3.63, 3.8) is 0 Å². The minimum Gasteiger partial charge on any atom is -0.382 e. The predicted octanol–water partition coefficient (Wildman–Crippen LogP) is 3.20. The molecule has 0 aliphatic carbocycles. The zero-order valence-electron chi connectivity index (χ0n) is 11.7. The van der Waals surface area contributed by atoms with E-state index < -0.39 is 0 Å².